The molecule has 0 aromatic rings. The molecule has 0 fully saturated rings. The number of quaternary nitrogens is 1. The second-order valence-electron chi connectivity index (χ2n) is 2.77. The monoisotopic (exact) mass is 126 g/mol. The summed E-state index contributed by atoms with van der Waals surface area (Å²) in [6.45, 7) is 5.20. The Labute approximate surface area is 58.3 Å². The highest BCUT2D eigenvalue weighted by molar-refractivity contribution is 4.85. The van der Waals surface area contributed by atoms with E-state index in [1.54, 1.807) is 0 Å². The Morgan fingerprint density at radius 3 is 2.22 bits per heavy atom. The Morgan fingerprint density at radius 2 is 1.89 bits per heavy atom. The molecule has 9 heavy (non-hydrogen) atoms. The molecule has 0 saturated carbocycles. The Morgan fingerprint density at radius 1 is 1.33 bits per heavy atom. The van der Waals surface area contributed by atoms with E-state index < -0.39 is 0 Å². The van der Waals surface area contributed by atoms with Crippen LogP contribution in [0.15, 0.2) is 0 Å². The lowest BCUT2D eigenvalue weighted by atomic mass is 10.4. The zero-order chi connectivity index (χ0) is 7.33. The summed E-state index contributed by atoms with van der Waals surface area (Å²) >= 11 is 0. The molecule has 0 aromatic carbocycles. The SMILES string of the molecule is CC#C[N+](C)(C)CCC. The van der Waals surface area contributed by atoms with Crippen molar-refractivity contribution in [2.24, 2.45) is 0 Å². The van der Waals surface area contributed by atoms with Crippen molar-refractivity contribution in [2.75, 3.05) is 20.6 Å². The van der Waals surface area contributed by atoms with E-state index in [1.165, 1.54) is 6.42 Å². The van der Waals surface area contributed by atoms with Crippen LogP contribution in [0, 0.1) is 12.0 Å². The smallest absolute Gasteiger partial charge is 0.136 e. The van der Waals surface area contributed by atoms with Gasteiger partial charge in [-0.3, -0.25) is 4.48 Å². The standard InChI is InChI=1S/C8H16N/c1-5-7-9(3,4)8-6-2/h5,7H2,1-4H3/q+1. The van der Waals surface area contributed by atoms with Crippen molar-refractivity contribution in [1.82, 2.24) is 0 Å². The Bertz CT molecular complexity index is 125. The lowest BCUT2D eigenvalue weighted by molar-refractivity contribution is -0.822. The molecular formula is C8H16N+. The van der Waals surface area contributed by atoms with Gasteiger partial charge in [0.15, 0.2) is 0 Å². The second kappa shape index (κ2) is 3.53. The summed E-state index contributed by atoms with van der Waals surface area (Å²) < 4.78 is 0.826. The Kier molecular flexibility index (Phi) is 3.34. The number of hydrogen-bond donors (Lipinski definition) is 0. The summed E-state index contributed by atoms with van der Waals surface area (Å²) in [5.74, 6) is 2.92. The van der Waals surface area contributed by atoms with E-state index in [0.29, 0.717) is 0 Å². The highest BCUT2D eigenvalue weighted by atomic mass is 15.3. The Balaban J connectivity index is 3.80. The quantitative estimate of drug-likeness (QED) is 0.388. The summed E-state index contributed by atoms with van der Waals surface area (Å²) in [4.78, 5) is 0. The third-order valence-corrected chi connectivity index (χ3v) is 1.20. The van der Waals surface area contributed by atoms with Gasteiger partial charge in [-0.25, -0.2) is 0 Å². The van der Waals surface area contributed by atoms with E-state index in [0.717, 1.165) is 11.0 Å². The van der Waals surface area contributed by atoms with Crippen molar-refractivity contribution in [3.63, 3.8) is 0 Å². The third kappa shape index (κ3) is 4.05. The molecule has 1 heteroatoms. The average Bonchev–Trinajstić information content (AvgIpc) is 1.64. The predicted molar refractivity (Wildman–Crippen MR) is 40.7 cm³/mol. The van der Waals surface area contributed by atoms with Crippen LogP contribution in [-0.2, 0) is 0 Å². The minimum atomic E-state index is 0.826. The fourth-order valence-electron chi connectivity index (χ4n) is 0.918. The number of nitrogens with zero attached hydrogens (tertiary/aromatic N) is 1. The highest BCUT2D eigenvalue weighted by Crippen LogP contribution is 1.94. The largest absolute Gasteiger partial charge is 0.251 e. The fourth-order valence-corrected chi connectivity index (χ4v) is 0.918. The summed E-state index contributed by atoms with van der Waals surface area (Å²) in [5, 5.41) is 0. The molecule has 0 unspecified atom stereocenters. The molecule has 0 amide bonds. The first-order valence-electron chi connectivity index (χ1n) is 3.39. The lowest BCUT2D eigenvalue weighted by Crippen LogP contribution is -2.34. The van der Waals surface area contributed by atoms with Crippen molar-refractivity contribution in [1.29, 1.82) is 0 Å². The highest BCUT2D eigenvalue weighted by Gasteiger charge is 2.07. The lowest BCUT2D eigenvalue weighted by Gasteiger charge is -2.19. The van der Waals surface area contributed by atoms with Crippen LogP contribution in [0.1, 0.15) is 20.3 Å². The molecule has 0 heterocycles. The molecule has 0 aliphatic heterocycles. The topological polar surface area (TPSA) is 0 Å². The molecule has 0 aliphatic carbocycles. The maximum Gasteiger partial charge on any atom is 0.136 e. The van der Waals surface area contributed by atoms with Crippen LogP contribution in [-0.4, -0.2) is 25.1 Å². The zero-order valence-corrected chi connectivity index (χ0v) is 6.86. The average molecular weight is 126 g/mol. The van der Waals surface area contributed by atoms with Crippen molar-refractivity contribution >= 4 is 0 Å². The maximum absolute atomic E-state index is 3.11. The van der Waals surface area contributed by atoms with Gasteiger partial charge >= 0.3 is 0 Å². The minimum absolute atomic E-state index is 0.826. The van der Waals surface area contributed by atoms with Crippen LogP contribution in [0.25, 0.3) is 0 Å². The first kappa shape index (κ1) is 8.52. The van der Waals surface area contributed by atoms with Crippen molar-refractivity contribution in [2.45, 2.75) is 20.3 Å². The van der Waals surface area contributed by atoms with Crippen LogP contribution in [0.3, 0.4) is 0 Å². The molecule has 0 atom stereocenters. The molecule has 0 aromatic heterocycles. The molecule has 0 bridgehead atoms. The van der Waals surface area contributed by atoms with Gasteiger partial charge < -0.3 is 0 Å². The summed E-state index contributed by atoms with van der Waals surface area (Å²) in [5.41, 5.74) is 0. The van der Waals surface area contributed by atoms with Gasteiger partial charge in [-0.15, -0.1) is 0 Å². The molecule has 0 saturated heterocycles. The van der Waals surface area contributed by atoms with Gasteiger partial charge in [0.25, 0.3) is 0 Å². The van der Waals surface area contributed by atoms with Gasteiger partial charge in [0.05, 0.1) is 20.6 Å². The van der Waals surface area contributed by atoms with E-state index in [1.807, 2.05) is 6.92 Å². The summed E-state index contributed by atoms with van der Waals surface area (Å²) in [7, 11) is 4.25. The van der Waals surface area contributed by atoms with Gasteiger partial charge in [0.1, 0.15) is 6.04 Å². The fraction of sp³-hybridized carbons (Fsp3) is 0.750. The van der Waals surface area contributed by atoms with Crippen LogP contribution in [0.2, 0.25) is 0 Å². The van der Waals surface area contributed by atoms with Crippen molar-refractivity contribution in [3.8, 4) is 12.0 Å². The van der Waals surface area contributed by atoms with Crippen molar-refractivity contribution < 1.29 is 4.48 Å². The minimum Gasteiger partial charge on any atom is -0.251 e. The van der Waals surface area contributed by atoms with Gasteiger partial charge in [-0.2, -0.15) is 0 Å². The summed E-state index contributed by atoms with van der Waals surface area (Å²) in [6, 6.07) is 3.11. The van der Waals surface area contributed by atoms with Crippen LogP contribution < -0.4 is 0 Å². The Hall–Kier alpha value is -0.480. The number of rotatable bonds is 2. The van der Waals surface area contributed by atoms with Crippen LogP contribution in [0.4, 0.5) is 0 Å². The van der Waals surface area contributed by atoms with Gasteiger partial charge in [-0.05, 0) is 12.3 Å². The first-order chi connectivity index (χ1) is 4.12. The van der Waals surface area contributed by atoms with E-state index in [9.17, 15) is 0 Å². The molecule has 0 radical (unpaired) electrons. The van der Waals surface area contributed by atoms with E-state index in [4.69, 9.17) is 0 Å². The van der Waals surface area contributed by atoms with Gasteiger partial charge in [0, 0.05) is 6.92 Å². The van der Waals surface area contributed by atoms with Crippen LogP contribution >= 0.6 is 0 Å². The van der Waals surface area contributed by atoms with Gasteiger partial charge in [-0.1, -0.05) is 6.92 Å². The summed E-state index contributed by atoms with van der Waals surface area (Å²) in [6.07, 6.45) is 1.20. The molecule has 0 aliphatic rings. The molecule has 0 spiro atoms. The second-order valence-corrected chi connectivity index (χ2v) is 2.77. The van der Waals surface area contributed by atoms with E-state index in [-0.39, 0.29) is 0 Å². The predicted octanol–water partition coefficient (Wildman–Crippen LogP) is 1.45. The maximum atomic E-state index is 3.11. The molecule has 0 rings (SSSR count). The van der Waals surface area contributed by atoms with Gasteiger partial charge in [0.2, 0.25) is 0 Å². The molecule has 52 valence electrons. The third-order valence-electron chi connectivity index (χ3n) is 1.20. The molecule has 1 nitrogen and oxygen atoms in total. The number of hydrogen-bond acceptors (Lipinski definition) is 0. The molecular weight excluding hydrogens is 110 g/mol. The van der Waals surface area contributed by atoms with Crippen molar-refractivity contribution in [3.05, 3.63) is 0 Å². The van der Waals surface area contributed by atoms with E-state index in [2.05, 4.69) is 33.0 Å². The van der Waals surface area contributed by atoms with E-state index >= 15 is 0 Å². The first-order valence-corrected chi connectivity index (χ1v) is 3.39. The van der Waals surface area contributed by atoms with Crippen LogP contribution in [0.5, 0.6) is 0 Å². The zero-order valence-electron chi connectivity index (χ0n) is 6.86. The normalized spacial score (nSPS) is 10.2. The molecule has 0 N–H and O–H groups in total.